The molecule has 0 fully saturated rings. The zero-order chi connectivity index (χ0) is 12.8. The average Bonchev–Trinajstić information content (AvgIpc) is 1.98. The SMILES string of the molecule is CC(C)(C)NC(=O)CNCC(O)CC(=O)O. The predicted octanol–water partition coefficient (Wildman–Crippen LogP) is -0.674. The van der Waals surface area contributed by atoms with Crippen LogP contribution in [-0.4, -0.2) is 46.8 Å². The first-order valence-electron chi connectivity index (χ1n) is 5.12. The molecule has 0 aromatic carbocycles. The maximum absolute atomic E-state index is 11.3. The van der Waals surface area contributed by atoms with Crippen LogP contribution in [0.3, 0.4) is 0 Å². The molecule has 0 spiro atoms. The van der Waals surface area contributed by atoms with Gasteiger partial charge in [-0.1, -0.05) is 0 Å². The first kappa shape index (κ1) is 14.9. The van der Waals surface area contributed by atoms with Crippen molar-refractivity contribution >= 4 is 11.9 Å². The Morgan fingerprint density at radius 2 is 1.88 bits per heavy atom. The zero-order valence-electron chi connectivity index (χ0n) is 9.91. The molecule has 1 atom stereocenters. The van der Waals surface area contributed by atoms with E-state index in [1.807, 2.05) is 20.8 Å². The molecule has 0 heterocycles. The van der Waals surface area contributed by atoms with Gasteiger partial charge in [-0.3, -0.25) is 9.59 Å². The van der Waals surface area contributed by atoms with Gasteiger partial charge < -0.3 is 20.8 Å². The van der Waals surface area contributed by atoms with Gasteiger partial charge in [0.15, 0.2) is 0 Å². The van der Waals surface area contributed by atoms with E-state index in [9.17, 15) is 14.7 Å². The molecular formula is C10H20N2O4. The normalized spacial score (nSPS) is 13.2. The summed E-state index contributed by atoms with van der Waals surface area (Å²) in [5.41, 5.74) is -0.293. The largest absolute Gasteiger partial charge is 0.481 e. The van der Waals surface area contributed by atoms with E-state index in [-0.39, 0.29) is 31.0 Å². The van der Waals surface area contributed by atoms with Crippen LogP contribution >= 0.6 is 0 Å². The Balaban J connectivity index is 3.66. The quantitative estimate of drug-likeness (QED) is 0.486. The fourth-order valence-electron chi connectivity index (χ4n) is 1.09. The van der Waals surface area contributed by atoms with Gasteiger partial charge in [0.25, 0.3) is 0 Å². The van der Waals surface area contributed by atoms with Gasteiger partial charge in [-0.05, 0) is 20.8 Å². The van der Waals surface area contributed by atoms with Crippen LogP contribution in [0, 0.1) is 0 Å². The molecule has 0 aromatic rings. The summed E-state index contributed by atoms with van der Waals surface area (Å²) in [4.78, 5) is 21.5. The number of hydrogen-bond donors (Lipinski definition) is 4. The summed E-state index contributed by atoms with van der Waals surface area (Å²) < 4.78 is 0. The summed E-state index contributed by atoms with van der Waals surface area (Å²) in [5.74, 6) is -1.25. The number of hydrogen-bond acceptors (Lipinski definition) is 4. The molecule has 0 aliphatic carbocycles. The third-order valence-electron chi connectivity index (χ3n) is 1.59. The minimum absolute atomic E-state index is 0.0634. The molecule has 0 radical (unpaired) electrons. The number of aliphatic carboxylic acids is 1. The topological polar surface area (TPSA) is 98.7 Å². The minimum Gasteiger partial charge on any atom is -0.481 e. The molecule has 6 heteroatoms. The fraction of sp³-hybridized carbons (Fsp3) is 0.800. The lowest BCUT2D eigenvalue weighted by Gasteiger charge is -2.20. The molecule has 0 saturated heterocycles. The Bertz CT molecular complexity index is 248. The monoisotopic (exact) mass is 232 g/mol. The van der Waals surface area contributed by atoms with Gasteiger partial charge in [0.05, 0.1) is 19.1 Å². The van der Waals surface area contributed by atoms with Crippen molar-refractivity contribution in [1.82, 2.24) is 10.6 Å². The molecule has 0 saturated carbocycles. The lowest BCUT2D eigenvalue weighted by atomic mass is 10.1. The van der Waals surface area contributed by atoms with Crippen LogP contribution in [0.5, 0.6) is 0 Å². The Kier molecular flexibility index (Phi) is 5.98. The number of amides is 1. The highest BCUT2D eigenvalue weighted by atomic mass is 16.4. The van der Waals surface area contributed by atoms with Gasteiger partial charge >= 0.3 is 5.97 Å². The van der Waals surface area contributed by atoms with Gasteiger partial charge in [-0.15, -0.1) is 0 Å². The van der Waals surface area contributed by atoms with E-state index in [1.54, 1.807) is 0 Å². The van der Waals surface area contributed by atoms with E-state index < -0.39 is 12.1 Å². The molecule has 0 aliphatic heterocycles. The van der Waals surface area contributed by atoms with E-state index >= 15 is 0 Å². The van der Waals surface area contributed by atoms with Crippen LogP contribution in [-0.2, 0) is 9.59 Å². The molecule has 1 amide bonds. The molecule has 4 N–H and O–H groups in total. The van der Waals surface area contributed by atoms with Crippen LogP contribution in [0.4, 0.5) is 0 Å². The van der Waals surface area contributed by atoms with Crippen molar-refractivity contribution < 1.29 is 19.8 Å². The lowest BCUT2D eigenvalue weighted by Crippen LogP contribution is -2.45. The van der Waals surface area contributed by atoms with Gasteiger partial charge in [-0.25, -0.2) is 0 Å². The van der Waals surface area contributed by atoms with Crippen LogP contribution in [0.15, 0.2) is 0 Å². The Labute approximate surface area is 95.0 Å². The number of rotatable bonds is 6. The third kappa shape index (κ3) is 9.42. The number of carbonyl (C=O) groups excluding carboxylic acids is 1. The number of carboxylic acids is 1. The summed E-state index contributed by atoms with van der Waals surface area (Å²) in [5, 5.41) is 23.0. The number of carboxylic acid groups (broad SMARTS) is 1. The highest BCUT2D eigenvalue weighted by molar-refractivity contribution is 5.78. The second-order valence-electron chi connectivity index (χ2n) is 4.68. The Morgan fingerprint density at radius 3 is 2.31 bits per heavy atom. The van der Waals surface area contributed by atoms with Crippen LogP contribution in [0.25, 0.3) is 0 Å². The summed E-state index contributed by atoms with van der Waals surface area (Å²) in [6.45, 7) is 5.75. The van der Waals surface area contributed by atoms with Gasteiger partial charge in [0.2, 0.25) is 5.91 Å². The van der Waals surface area contributed by atoms with Crippen molar-refractivity contribution in [3.05, 3.63) is 0 Å². The van der Waals surface area contributed by atoms with Crippen molar-refractivity contribution in [2.45, 2.75) is 38.8 Å². The summed E-state index contributed by atoms with van der Waals surface area (Å²) in [6, 6.07) is 0. The molecule has 1 unspecified atom stereocenters. The van der Waals surface area contributed by atoms with Crippen LogP contribution in [0.2, 0.25) is 0 Å². The number of nitrogens with one attached hydrogen (secondary N) is 2. The van der Waals surface area contributed by atoms with E-state index in [0.717, 1.165) is 0 Å². The van der Waals surface area contributed by atoms with Crippen molar-refractivity contribution in [3.63, 3.8) is 0 Å². The van der Waals surface area contributed by atoms with Gasteiger partial charge in [0, 0.05) is 12.1 Å². The van der Waals surface area contributed by atoms with Crippen LogP contribution < -0.4 is 10.6 Å². The van der Waals surface area contributed by atoms with Crippen LogP contribution in [0.1, 0.15) is 27.2 Å². The van der Waals surface area contributed by atoms with Crippen molar-refractivity contribution in [2.75, 3.05) is 13.1 Å². The van der Waals surface area contributed by atoms with E-state index in [1.165, 1.54) is 0 Å². The molecule has 0 aliphatic rings. The molecular weight excluding hydrogens is 212 g/mol. The minimum atomic E-state index is -1.06. The predicted molar refractivity (Wildman–Crippen MR) is 59.0 cm³/mol. The summed E-state index contributed by atoms with van der Waals surface area (Å²) in [7, 11) is 0. The smallest absolute Gasteiger partial charge is 0.306 e. The number of carbonyl (C=O) groups is 2. The number of aliphatic hydroxyl groups excluding tert-OH is 1. The van der Waals surface area contributed by atoms with Crippen molar-refractivity contribution in [1.29, 1.82) is 0 Å². The maximum atomic E-state index is 11.3. The number of aliphatic hydroxyl groups is 1. The highest BCUT2D eigenvalue weighted by Crippen LogP contribution is 1.97. The third-order valence-corrected chi connectivity index (χ3v) is 1.59. The Hall–Kier alpha value is -1.14. The molecule has 0 aromatic heterocycles. The first-order chi connectivity index (χ1) is 7.20. The van der Waals surface area contributed by atoms with E-state index in [0.29, 0.717) is 0 Å². The van der Waals surface area contributed by atoms with E-state index in [2.05, 4.69) is 10.6 Å². The molecule has 0 rings (SSSR count). The van der Waals surface area contributed by atoms with E-state index in [4.69, 9.17) is 5.11 Å². The second kappa shape index (κ2) is 6.44. The summed E-state index contributed by atoms with van der Waals surface area (Å²) >= 11 is 0. The molecule has 16 heavy (non-hydrogen) atoms. The van der Waals surface area contributed by atoms with Crippen molar-refractivity contribution in [2.24, 2.45) is 0 Å². The first-order valence-corrected chi connectivity index (χ1v) is 5.12. The molecule has 0 bridgehead atoms. The summed E-state index contributed by atoms with van der Waals surface area (Å²) in [6.07, 6.45) is -1.30. The zero-order valence-corrected chi connectivity index (χ0v) is 9.91. The fourth-order valence-corrected chi connectivity index (χ4v) is 1.09. The van der Waals surface area contributed by atoms with Gasteiger partial charge in [0.1, 0.15) is 0 Å². The highest BCUT2D eigenvalue weighted by Gasteiger charge is 2.14. The lowest BCUT2D eigenvalue weighted by molar-refractivity contribution is -0.139. The Morgan fingerprint density at radius 1 is 1.31 bits per heavy atom. The maximum Gasteiger partial charge on any atom is 0.306 e. The second-order valence-corrected chi connectivity index (χ2v) is 4.68. The average molecular weight is 232 g/mol. The standard InChI is InChI=1S/C10H20N2O4/c1-10(2,3)12-8(14)6-11-5-7(13)4-9(15)16/h7,11,13H,4-6H2,1-3H3,(H,12,14)(H,15,16). The molecule has 6 nitrogen and oxygen atoms in total. The van der Waals surface area contributed by atoms with Gasteiger partial charge in [-0.2, -0.15) is 0 Å². The molecule has 94 valence electrons. The van der Waals surface area contributed by atoms with Crippen molar-refractivity contribution in [3.8, 4) is 0 Å².